The van der Waals surface area contributed by atoms with Crippen molar-refractivity contribution in [2.75, 3.05) is 49.3 Å². The molecule has 294 valence electrons. The van der Waals surface area contributed by atoms with E-state index in [1.165, 1.54) is 12.8 Å². The van der Waals surface area contributed by atoms with Crippen LogP contribution in [0.2, 0.25) is 0 Å². The fourth-order valence-electron chi connectivity index (χ4n) is 6.37. The maximum absolute atomic E-state index is 12.4. The third-order valence-corrected chi connectivity index (χ3v) is 9.23. The smallest absolute Gasteiger partial charge is 0.290 e. The van der Waals surface area contributed by atoms with Crippen molar-refractivity contribution < 1.29 is 23.8 Å². The fourth-order valence-corrected chi connectivity index (χ4v) is 6.37. The number of rotatable bonds is 4. The van der Waals surface area contributed by atoms with Gasteiger partial charge in [-0.1, -0.05) is 50.5 Å². The van der Waals surface area contributed by atoms with Gasteiger partial charge >= 0.3 is 0 Å². The molecule has 7 heterocycles. The van der Waals surface area contributed by atoms with Gasteiger partial charge in [0.2, 0.25) is 0 Å². The van der Waals surface area contributed by atoms with Gasteiger partial charge in [-0.25, -0.2) is 9.97 Å². The number of nitrogens with one attached hydrogen (secondary N) is 1. The minimum Gasteiger partial charge on any atom is -0.483 e. The number of aryl methyl sites for hydroxylation is 2. The van der Waals surface area contributed by atoms with Crippen molar-refractivity contribution in [1.29, 1.82) is 0 Å². The summed E-state index contributed by atoms with van der Waals surface area (Å²) < 4.78 is 17.3. The first-order valence-electron chi connectivity index (χ1n) is 18.6. The summed E-state index contributed by atoms with van der Waals surface area (Å²) in [5, 5.41) is 7.96. The largest absolute Gasteiger partial charge is 0.483 e. The number of carbonyl (C=O) groups is 1. The van der Waals surface area contributed by atoms with E-state index in [-0.39, 0.29) is 23.7 Å². The van der Waals surface area contributed by atoms with Crippen LogP contribution in [0, 0.1) is 25.7 Å². The van der Waals surface area contributed by atoms with Crippen LogP contribution < -0.4 is 15.4 Å². The summed E-state index contributed by atoms with van der Waals surface area (Å²) in [6.07, 6.45) is 10.8. The number of hydrogen-bond donors (Lipinski definition) is 2. The standard InChI is InChI=1S/C20H21N3O3.C15H15N3O.C5H7N.C2H6.CH2O2/c1-14-17(4-3-7-21-14)6-5-16-10-18(19(24)22-11-16)23-8-9-26-20(15(23)2)12-25-13-20;1-10-16-13-11-6-2-3-7-12(11)19-14(13)15(17-10)18-8-4-5-9-18;1-3-4-5-6-2;1-2;2-1-3/h3-4,7,10-11,15H,8-9,12-13H2,1-2H3,(H,22,24);2-3,6-7H,4-5,8-9H2,1H3;3-5H,1-2H2;1-2H3;1H,(H,2,3)/b;;5-4-;;. The van der Waals surface area contributed by atoms with Crippen molar-refractivity contribution in [3.05, 3.63) is 113 Å². The predicted octanol–water partition coefficient (Wildman–Crippen LogP) is 6.87. The fraction of sp³-hybridized carbons (Fsp3) is 0.349. The summed E-state index contributed by atoms with van der Waals surface area (Å²) in [7, 11) is 0. The van der Waals surface area contributed by atoms with Crippen LogP contribution in [-0.4, -0.2) is 89.3 Å². The number of benzene rings is 1. The Morgan fingerprint density at radius 3 is 2.45 bits per heavy atom. The molecule has 3 saturated heterocycles. The maximum Gasteiger partial charge on any atom is 0.290 e. The molecule has 1 atom stereocenters. The number of allylic oxidation sites excluding steroid dienone is 2. The molecule has 13 heteroatoms. The highest BCUT2D eigenvalue weighted by Gasteiger charge is 2.50. The number of aromatic nitrogens is 4. The number of ether oxygens (including phenoxy) is 2. The molecule has 0 radical (unpaired) electrons. The normalized spacial score (nSPS) is 16.3. The SMILES string of the molecule is C=C/C=C\N=C.CC.Cc1nc(N2CCCC2)c2oc3ccccc3c2n1.Cc1ncccc1C#Cc1c[nH]c(=O)c(N2CCOC3(COC3)C2C)c1.O=CO. The highest BCUT2D eigenvalue weighted by atomic mass is 16.6. The van der Waals surface area contributed by atoms with Crippen molar-refractivity contribution in [3.8, 4) is 11.8 Å². The van der Waals surface area contributed by atoms with Crippen LogP contribution in [-0.2, 0) is 14.3 Å². The van der Waals surface area contributed by atoms with Crippen LogP contribution in [0.25, 0.3) is 22.1 Å². The molecule has 3 aliphatic rings. The molecule has 8 rings (SSSR count). The van der Waals surface area contributed by atoms with E-state index in [0.717, 1.165) is 63.6 Å². The first kappa shape index (κ1) is 42.6. The molecule has 0 amide bonds. The van der Waals surface area contributed by atoms with Gasteiger partial charge in [-0.05, 0) is 76.7 Å². The van der Waals surface area contributed by atoms with E-state index in [4.69, 9.17) is 23.8 Å². The van der Waals surface area contributed by atoms with Gasteiger partial charge in [0, 0.05) is 54.7 Å². The number of furan rings is 1. The van der Waals surface area contributed by atoms with Gasteiger partial charge in [-0.2, -0.15) is 0 Å². The maximum atomic E-state index is 12.4. The van der Waals surface area contributed by atoms with E-state index in [1.54, 1.807) is 30.7 Å². The molecule has 13 nitrogen and oxygen atoms in total. The van der Waals surface area contributed by atoms with Crippen molar-refractivity contribution in [1.82, 2.24) is 19.9 Å². The summed E-state index contributed by atoms with van der Waals surface area (Å²) >= 11 is 0. The van der Waals surface area contributed by atoms with Crippen molar-refractivity contribution in [2.45, 2.75) is 59.1 Å². The lowest BCUT2D eigenvalue weighted by molar-refractivity contribution is -0.228. The van der Waals surface area contributed by atoms with E-state index >= 15 is 0 Å². The minimum absolute atomic E-state index is 0.0647. The van der Waals surface area contributed by atoms with Crippen molar-refractivity contribution in [2.24, 2.45) is 4.99 Å². The molecule has 1 unspecified atom stereocenters. The number of carboxylic acid groups (broad SMARTS) is 1. The van der Waals surface area contributed by atoms with Gasteiger partial charge in [-0.3, -0.25) is 19.6 Å². The molecule has 5 aromatic rings. The van der Waals surface area contributed by atoms with E-state index in [9.17, 15) is 4.79 Å². The van der Waals surface area contributed by atoms with Crippen LogP contribution >= 0.6 is 0 Å². The van der Waals surface area contributed by atoms with E-state index in [0.29, 0.717) is 32.1 Å². The quantitative estimate of drug-likeness (QED) is 0.0852. The zero-order chi connectivity index (χ0) is 40.5. The molecule has 3 aliphatic heterocycles. The van der Waals surface area contributed by atoms with Gasteiger partial charge in [0.05, 0.1) is 31.6 Å². The van der Waals surface area contributed by atoms with Crippen LogP contribution in [0.15, 0.2) is 94.0 Å². The number of aromatic amines is 1. The Morgan fingerprint density at radius 1 is 1.07 bits per heavy atom. The summed E-state index contributed by atoms with van der Waals surface area (Å²) in [5.41, 5.74) is 5.39. The van der Waals surface area contributed by atoms with Gasteiger partial charge < -0.3 is 33.8 Å². The van der Waals surface area contributed by atoms with Crippen LogP contribution in [0.4, 0.5) is 11.5 Å². The first-order chi connectivity index (χ1) is 27.2. The molecule has 56 heavy (non-hydrogen) atoms. The number of nitrogens with zero attached hydrogens (tertiary/aromatic N) is 6. The molecule has 4 aromatic heterocycles. The number of aliphatic imine (C=N–C) groups is 1. The van der Waals surface area contributed by atoms with Gasteiger partial charge in [0.25, 0.3) is 12.0 Å². The average molecular weight is 762 g/mol. The number of fused-ring (bicyclic) bond motifs is 3. The lowest BCUT2D eigenvalue weighted by Crippen LogP contribution is -2.68. The molecular formula is C43H51N7O6. The van der Waals surface area contributed by atoms with E-state index in [1.807, 2.05) is 64.1 Å². The van der Waals surface area contributed by atoms with Crippen LogP contribution in [0.3, 0.4) is 0 Å². The minimum atomic E-state index is -0.306. The van der Waals surface area contributed by atoms with Gasteiger partial charge in [0.15, 0.2) is 11.4 Å². The Bertz CT molecular complexity index is 2210. The zero-order valence-corrected chi connectivity index (χ0v) is 32.8. The second-order valence-electron chi connectivity index (χ2n) is 12.7. The third-order valence-electron chi connectivity index (χ3n) is 9.23. The number of anilines is 2. The number of morpholine rings is 1. The van der Waals surface area contributed by atoms with E-state index < -0.39 is 0 Å². The number of hydrogen-bond acceptors (Lipinski definition) is 11. The highest BCUT2D eigenvalue weighted by molar-refractivity contribution is 6.05. The molecule has 2 N–H and O–H groups in total. The Balaban J connectivity index is 0.000000203. The second-order valence-corrected chi connectivity index (χ2v) is 12.7. The second kappa shape index (κ2) is 21.1. The lowest BCUT2D eigenvalue weighted by Gasteiger charge is -2.53. The van der Waals surface area contributed by atoms with Crippen molar-refractivity contribution in [3.63, 3.8) is 0 Å². The highest BCUT2D eigenvalue weighted by Crippen LogP contribution is 2.35. The van der Waals surface area contributed by atoms with Gasteiger partial charge in [-0.15, -0.1) is 0 Å². The molecule has 3 fully saturated rings. The summed E-state index contributed by atoms with van der Waals surface area (Å²) in [6.45, 7) is 20.9. The number of H-pyrrole nitrogens is 1. The summed E-state index contributed by atoms with van der Waals surface area (Å²) in [4.78, 5) is 44.8. The molecule has 0 aliphatic carbocycles. The molecule has 0 saturated carbocycles. The summed E-state index contributed by atoms with van der Waals surface area (Å²) in [5.74, 6) is 8.02. The van der Waals surface area contributed by atoms with Crippen LogP contribution in [0.5, 0.6) is 0 Å². The third kappa shape index (κ3) is 10.3. The lowest BCUT2D eigenvalue weighted by atomic mass is 9.90. The molecule has 0 bridgehead atoms. The average Bonchev–Trinajstić information content (AvgIpc) is 3.87. The Morgan fingerprint density at radius 2 is 1.80 bits per heavy atom. The molecule has 1 aromatic carbocycles. The van der Waals surface area contributed by atoms with Gasteiger partial charge in [0.1, 0.15) is 28.2 Å². The van der Waals surface area contributed by atoms with Crippen molar-refractivity contribution >= 4 is 46.8 Å². The zero-order valence-electron chi connectivity index (χ0n) is 32.8. The Hall–Kier alpha value is -6.10. The summed E-state index contributed by atoms with van der Waals surface area (Å²) in [6, 6.07) is 13.8. The first-order valence-corrected chi connectivity index (χ1v) is 18.6. The van der Waals surface area contributed by atoms with Crippen LogP contribution in [0.1, 0.15) is 56.3 Å². The number of pyridine rings is 2. The van der Waals surface area contributed by atoms with E-state index in [2.05, 4.69) is 72.9 Å². The predicted molar refractivity (Wildman–Crippen MR) is 223 cm³/mol. The monoisotopic (exact) mass is 761 g/mol. The Kier molecular flexibility index (Phi) is 16.1. The molecular weight excluding hydrogens is 711 g/mol. The molecule has 1 spiro atoms. The Labute approximate surface area is 327 Å². The topological polar surface area (TPSA) is 159 Å². The number of para-hydroxylation sites is 1.